The molecule has 0 spiro atoms. The van der Waals surface area contributed by atoms with Crippen molar-refractivity contribution in [3.8, 4) is 11.5 Å². The zero-order valence-corrected chi connectivity index (χ0v) is 9.68. The molecule has 2 rings (SSSR count). The minimum atomic E-state index is -0.488. The smallest absolute Gasteiger partial charge is 0.388 e. The molecule has 0 atom stereocenters. The SMILES string of the molecule is CC(C)Cn1nc(-c2ccc(F)cc2)oc1=O. The maximum atomic E-state index is 12.7. The fourth-order valence-corrected chi connectivity index (χ4v) is 1.48. The van der Waals surface area contributed by atoms with Gasteiger partial charge in [-0.3, -0.25) is 0 Å². The van der Waals surface area contributed by atoms with Crippen LogP contribution in [-0.2, 0) is 6.54 Å². The summed E-state index contributed by atoms with van der Waals surface area (Å²) in [6.07, 6.45) is 0. The summed E-state index contributed by atoms with van der Waals surface area (Å²) in [4.78, 5) is 11.5. The van der Waals surface area contributed by atoms with E-state index in [0.29, 0.717) is 18.0 Å². The first kappa shape index (κ1) is 11.6. The van der Waals surface area contributed by atoms with Crippen molar-refractivity contribution in [3.63, 3.8) is 0 Å². The van der Waals surface area contributed by atoms with E-state index in [1.807, 2.05) is 13.8 Å². The fraction of sp³-hybridized carbons (Fsp3) is 0.333. The minimum Gasteiger partial charge on any atom is -0.388 e. The lowest BCUT2D eigenvalue weighted by Crippen LogP contribution is -2.18. The molecule has 0 bridgehead atoms. The van der Waals surface area contributed by atoms with Crippen LogP contribution in [0.2, 0.25) is 0 Å². The van der Waals surface area contributed by atoms with Gasteiger partial charge in [-0.2, -0.15) is 4.68 Å². The number of aromatic nitrogens is 2. The number of nitrogens with zero attached hydrogens (tertiary/aromatic N) is 2. The molecule has 0 aliphatic heterocycles. The molecule has 0 fully saturated rings. The second-order valence-electron chi connectivity index (χ2n) is 4.26. The molecule has 1 aromatic heterocycles. The Morgan fingerprint density at radius 3 is 2.59 bits per heavy atom. The molecule has 0 aliphatic carbocycles. The molecule has 0 unspecified atom stereocenters. The number of hydrogen-bond donors (Lipinski definition) is 0. The van der Waals surface area contributed by atoms with Crippen LogP contribution in [0.1, 0.15) is 13.8 Å². The predicted molar refractivity (Wildman–Crippen MR) is 61.0 cm³/mol. The maximum Gasteiger partial charge on any atom is 0.437 e. The van der Waals surface area contributed by atoms with Crippen molar-refractivity contribution in [1.82, 2.24) is 9.78 Å². The predicted octanol–water partition coefficient (Wildman–Crippen LogP) is 2.30. The topological polar surface area (TPSA) is 48.0 Å². The van der Waals surface area contributed by atoms with Crippen molar-refractivity contribution in [2.75, 3.05) is 0 Å². The molecule has 1 heterocycles. The first-order valence-corrected chi connectivity index (χ1v) is 5.40. The van der Waals surface area contributed by atoms with E-state index in [1.54, 1.807) is 0 Å². The Hall–Kier alpha value is -1.91. The highest BCUT2D eigenvalue weighted by Crippen LogP contribution is 2.15. The molecular weight excluding hydrogens is 223 g/mol. The third-order valence-corrected chi connectivity index (χ3v) is 2.24. The highest BCUT2D eigenvalue weighted by atomic mass is 19.1. The van der Waals surface area contributed by atoms with Gasteiger partial charge in [0.2, 0.25) is 5.89 Å². The summed E-state index contributed by atoms with van der Waals surface area (Å²) < 4.78 is 19.0. The Morgan fingerprint density at radius 2 is 2.00 bits per heavy atom. The number of halogens is 1. The summed E-state index contributed by atoms with van der Waals surface area (Å²) in [5.41, 5.74) is 0.589. The van der Waals surface area contributed by atoms with Crippen LogP contribution < -0.4 is 5.76 Å². The zero-order chi connectivity index (χ0) is 12.4. The quantitative estimate of drug-likeness (QED) is 0.821. The van der Waals surface area contributed by atoms with Gasteiger partial charge in [0, 0.05) is 5.56 Å². The number of rotatable bonds is 3. The van der Waals surface area contributed by atoms with E-state index in [9.17, 15) is 9.18 Å². The van der Waals surface area contributed by atoms with Gasteiger partial charge >= 0.3 is 5.76 Å². The summed E-state index contributed by atoms with van der Waals surface area (Å²) in [5.74, 6) is -0.301. The van der Waals surface area contributed by atoms with E-state index in [-0.39, 0.29) is 11.7 Å². The molecule has 17 heavy (non-hydrogen) atoms. The van der Waals surface area contributed by atoms with Crippen LogP contribution in [0.25, 0.3) is 11.5 Å². The molecule has 0 aliphatic rings. The van der Waals surface area contributed by atoms with Gasteiger partial charge in [0.1, 0.15) is 5.82 Å². The molecule has 2 aromatic rings. The van der Waals surface area contributed by atoms with Gasteiger partial charge in [0.15, 0.2) is 0 Å². The van der Waals surface area contributed by atoms with Crippen LogP contribution >= 0.6 is 0 Å². The van der Waals surface area contributed by atoms with Crippen LogP contribution in [-0.4, -0.2) is 9.78 Å². The van der Waals surface area contributed by atoms with Crippen LogP contribution in [0.3, 0.4) is 0 Å². The van der Waals surface area contributed by atoms with Crippen LogP contribution in [0, 0.1) is 11.7 Å². The van der Waals surface area contributed by atoms with E-state index in [1.165, 1.54) is 28.9 Å². The van der Waals surface area contributed by atoms with Gasteiger partial charge in [-0.15, -0.1) is 5.10 Å². The van der Waals surface area contributed by atoms with Crippen LogP contribution in [0.5, 0.6) is 0 Å². The summed E-state index contributed by atoms with van der Waals surface area (Å²) in [6, 6.07) is 5.66. The highest BCUT2D eigenvalue weighted by molar-refractivity contribution is 5.51. The zero-order valence-electron chi connectivity index (χ0n) is 9.68. The Kier molecular flexibility index (Phi) is 3.08. The third-order valence-electron chi connectivity index (χ3n) is 2.24. The Bertz CT molecular complexity index is 555. The van der Waals surface area contributed by atoms with E-state index in [2.05, 4.69) is 5.10 Å². The first-order valence-electron chi connectivity index (χ1n) is 5.40. The Labute approximate surface area is 97.7 Å². The van der Waals surface area contributed by atoms with Crippen LogP contribution in [0.15, 0.2) is 33.5 Å². The molecule has 0 radical (unpaired) electrons. The molecular formula is C12H13FN2O2. The first-order chi connectivity index (χ1) is 8.06. The molecule has 0 amide bonds. The van der Waals surface area contributed by atoms with Crippen molar-refractivity contribution in [2.24, 2.45) is 5.92 Å². The lowest BCUT2D eigenvalue weighted by atomic mass is 10.2. The van der Waals surface area contributed by atoms with Gasteiger partial charge in [-0.05, 0) is 30.2 Å². The number of benzene rings is 1. The van der Waals surface area contributed by atoms with Crippen molar-refractivity contribution in [2.45, 2.75) is 20.4 Å². The normalized spacial score (nSPS) is 11.1. The second-order valence-corrected chi connectivity index (χ2v) is 4.26. The largest absolute Gasteiger partial charge is 0.437 e. The van der Waals surface area contributed by atoms with Gasteiger partial charge in [-0.1, -0.05) is 13.8 Å². The molecule has 90 valence electrons. The Balaban J connectivity index is 2.34. The van der Waals surface area contributed by atoms with Gasteiger partial charge in [0.25, 0.3) is 0 Å². The standard InChI is InChI=1S/C12H13FN2O2/c1-8(2)7-15-12(16)17-11(14-15)9-3-5-10(13)6-4-9/h3-6,8H,7H2,1-2H3. The van der Waals surface area contributed by atoms with Crippen molar-refractivity contribution < 1.29 is 8.81 Å². The van der Waals surface area contributed by atoms with E-state index < -0.39 is 5.76 Å². The molecule has 4 nitrogen and oxygen atoms in total. The fourth-order valence-electron chi connectivity index (χ4n) is 1.48. The van der Waals surface area contributed by atoms with Crippen LogP contribution in [0.4, 0.5) is 4.39 Å². The third kappa shape index (κ3) is 2.61. The molecule has 1 aromatic carbocycles. The molecule has 0 saturated heterocycles. The van der Waals surface area contributed by atoms with E-state index >= 15 is 0 Å². The minimum absolute atomic E-state index is 0.218. The van der Waals surface area contributed by atoms with Crippen molar-refractivity contribution in [1.29, 1.82) is 0 Å². The lowest BCUT2D eigenvalue weighted by Gasteiger charge is -2.00. The van der Waals surface area contributed by atoms with Gasteiger partial charge in [-0.25, -0.2) is 9.18 Å². The summed E-state index contributed by atoms with van der Waals surface area (Å²) >= 11 is 0. The summed E-state index contributed by atoms with van der Waals surface area (Å²) in [7, 11) is 0. The Morgan fingerprint density at radius 1 is 1.35 bits per heavy atom. The van der Waals surface area contributed by atoms with Crippen molar-refractivity contribution in [3.05, 3.63) is 40.6 Å². The molecule has 5 heteroatoms. The van der Waals surface area contributed by atoms with E-state index in [0.717, 1.165) is 0 Å². The monoisotopic (exact) mass is 236 g/mol. The summed E-state index contributed by atoms with van der Waals surface area (Å²) in [5, 5.41) is 4.06. The molecule has 0 N–H and O–H groups in total. The maximum absolute atomic E-state index is 12.7. The average Bonchev–Trinajstić information content (AvgIpc) is 2.60. The highest BCUT2D eigenvalue weighted by Gasteiger charge is 2.10. The second kappa shape index (κ2) is 4.53. The summed E-state index contributed by atoms with van der Waals surface area (Å²) in [6.45, 7) is 4.47. The van der Waals surface area contributed by atoms with Gasteiger partial charge < -0.3 is 4.42 Å². The van der Waals surface area contributed by atoms with Gasteiger partial charge in [0.05, 0.1) is 6.54 Å². The van der Waals surface area contributed by atoms with E-state index in [4.69, 9.17) is 4.42 Å². The van der Waals surface area contributed by atoms with Crippen molar-refractivity contribution >= 4 is 0 Å². The number of hydrogen-bond acceptors (Lipinski definition) is 3. The molecule has 0 saturated carbocycles. The average molecular weight is 236 g/mol. The lowest BCUT2D eigenvalue weighted by molar-refractivity contribution is 0.432.